The van der Waals surface area contributed by atoms with Gasteiger partial charge in [0, 0.05) is 12.6 Å². The number of pyridine rings is 1. The van der Waals surface area contributed by atoms with Crippen LogP contribution in [0.3, 0.4) is 0 Å². The molecule has 0 spiro atoms. The summed E-state index contributed by atoms with van der Waals surface area (Å²) in [4.78, 5) is 4.16. The first kappa shape index (κ1) is 16.4. The predicted octanol–water partition coefficient (Wildman–Crippen LogP) is 3.87. The zero-order valence-electron chi connectivity index (χ0n) is 12.9. The Bertz CT molecular complexity index is 618. The first-order valence-corrected chi connectivity index (χ1v) is 7.70. The summed E-state index contributed by atoms with van der Waals surface area (Å²) in [6.45, 7) is 3.18. The van der Waals surface area contributed by atoms with Gasteiger partial charge in [0.25, 0.3) is 0 Å². The van der Waals surface area contributed by atoms with E-state index in [-0.39, 0.29) is 0 Å². The Hall–Kier alpha value is -1.95. The maximum Gasteiger partial charge on any atom is 0.213 e. The Morgan fingerprint density at radius 3 is 2.59 bits per heavy atom. The number of hydrogen-bond donors (Lipinski definition) is 1. The summed E-state index contributed by atoms with van der Waals surface area (Å²) >= 11 is 3.52. The summed E-state index contributed by atoms with van der Waals surface area (Å²) in [5.74, 6) is 2.02. The lowest BCUT2D eigenvalue weighted by Gasteiger charge is -2.14. The van der Waals surface area contributed by atoms with Gasteiger partial charge in [-0.1, -0.05) is 0 Å². The van der Waals surface area contributed by atoms with E-state index in [4.69, 9.17) is 14.2 Å². The summed E-state index contributed by atoms with van der Waals surface area (Å²) in [6.07, 6.45) is 1.74. The Balaban J connectivity index is 2.10. The Labute approximate surface area is 138 Å². The topological polar surface area (TPSA) is 52.6 Å². The van der Waals surface area contributed by atoms with Crippen molar-refractivity contribution in [3.8, 4) is 17.4 Å². The maximum atomic E-state index is 5.59. The molecule has 0 saturated carbocycles. The second-order valence-corrected chi connectivity index (χ2v) is 5.34. The Morgan fingerprint density at radius 1 is 1.18 bits per heavy atom. The number of nitrogens with one attached hydrogen (secondary N) is 1. The number of hydrogen-bond acceptors (Lipinski definition) is 5. The minimum absolute atomic E-state index is 0.587. The highest BCUT2D eigenvalue weighted by Crippen LogP contribution is 2.36. The molecule has 2 rings (SSSR count). The van der Waals surface area contributed by atoms with Gasteiger partial charge < -0.3 is 19.5 Å². The molecular formula is C16H19BrN2O3. The van der Waals surface area contributed by atoms with E-state index in [1.165, 1.54) is 0 Å². The van der Waals surface area contributed by atoms with Gasteiger partial charge in [0.15, 0.2) is 11.5 Å². The average molecular weight is 367 g/mol. The molecular weight excluding hydrogens is 348 g/mol. The van der Waals surface area contributed by atoms with Crippen LogP contribution in [0.4, 0.5) is 5.69 Å². The molecule has 1 aromatic carbocycles. The lowest BCUT2D eigenvalue weighted by atomic mass is 10.2. The number of aromatic nitrogens is 1. The highest BCUT2D eigenvalue weighted by Gasteiger charge is 2.11. The summed E-state index contributed by atoms with van der Waals surface area (Å²) < 4.78 is 16.9. The Morgan fingerprint density at radius 2 is 2.00 bits per heavy atom. The fourth-order valence-corrected chi connectivity index (χ4v) is 2.57. The first-order valence-electron chi connectivity index (χ1n) is 6.91. The molecule has 0 aliphatic carbocycles. The van der Waals surface area contributed by atoms with Gasteiger partial charge in [-0.05, 0) is 46.6 Å². The third-order valence-corrected chi connectivity index (χ3v) is 3.61. The molecule has 118 valence electrons. The smallest absolute Gasteiger partial charge is 0.213 e. The van der Waals surface area contributed by atoms with Crippen molar-refractivity contribution in [3.63, 3.8) is 0 Å². The zero-order valence-corrected chi connectivity index (χ0v) is 14.4. The van der Waals surface area contributed by atoms with E-state index in [2.05, 4.69) is 26.2 Å². The number of nitrogens with zero attached hydrogens (tertiary/aromatic N) is 1. The molecule has 2 aromatic rings. The SMILES string of the molecule is CCOc1c(Br)cc(CNc2ccc(OC)nc2)cc1OC. The van der Waals surface area contributed by atoms with Gasteiger partial charge in [-0.2, -0.15) is 0 Å². The molecule has 0 atom stereocenters. The molecule has 5 nitrogen and oxygen atoms in total. The van der Waals surface area contributed by atoms with Crippen molar-refractivity contribution in [1.82, 2.24) is 4.98 Å². The summed E-state index contributed by atoms with van der Waals surface area (Å²) in [5.41, 5.74) is 1.99. The van der Waals surface area contributed by atoms with E-state index in [1.807, 2.05) is 31.2 Å². The van der Waals surface area contributed by atoms with Gasteiger partial charge in [-0.15, -0.1) is 0 Å². The van der Waals surface area contributed by atoms with Crippen LogP contribution in [0.2, 0.25) is 0 Å². The van der Waals surface area contributed by atoms with Crippen LogP contribution in [0.5, 0.6) is 17.4 Å². The van der Waals surface area contributed by atoms with Crippen LogP contribution in [0.15, 0.2) is 34.9 Å². The fourth-order valence-electron chi connectivity index (χ4n) is 1.97. The van der Waals surface area contributed by atoms with E-state index >= 15 is 0 Å². The molecule has 0 bridgehead atoms. The third kappa shape index (κ3) is 4.04. The van der Waals surface area contributed by atoms with Crippen molar-refractivity contribution in [1.29, 1.82) is 0 Å². The van der Waals surface area contributed by atoms with Crippen LogP contribution in [-0.4, -0.2) is 25.8 Å². The lowest BCUT2D eigenvalue weighted by molar-refractivity contribution is 0.308. The van der Waals surface area contributed by atoms with Crippen molar-refractivity contribution < 1.29 is 14.2 Å². The highest BCUT2D eigenvalue weighted by molar-refractivity contribution is 9.10. The summed E-state index contributed by atoms with van der Waals surface area (Å²) in [6, 6.07) is 7.71. The van der Waals surface area contributed by atoms with Gasteiger partial charge in [-0.25, -0.2) is 4.98 Å². The third-order valence-electron chi connectivity index (χ3n) is 3.02. The standard InChI is InChI=1S/C16H19BrN2O3/c1-4-22-16-13(17)7-11(8-14(16)20-2)9-18-12-5-6-15(21-3)19-10-12/h5-8,10,18H,4,9H2,1-3H3. The van der Waals surface area contributed by atoms with Crippen molar-refractivity contribution >= 4 is 21.6 Å². The van der Waals surface area contributed by atoms with Crippen molar-refractivity contribution in [2.45, 2.75) is 13.5 Å². The number of halogens is 1. The monoisotopic (exact) mass is 366 g/mol. The number of anilines is 1. The van der Waals surface area contributed by atoms with Gasteiger partial charge in [-0.3, -0.25) is 0 Å². The van der Waals surface area contributed by atoms with Crippen LogP contribution in [0.1, 0.15) is 12.5 Å². The zero-order chi connectivity index (χ0) is 15.9. The summed E-state index contributed by atoms with van der Waals surface area (Å²) in [5, 5.41) is 3.31. The van der Waals surface area contributed by atoms with Crippen molar-refractivity contribution in [2.24, 2.45) is 0 Å². The minimum atomic E-state index is 0.587. The quantitative estimate of drug-likeness (QED) is 0.805. The number of ether oxygens (including phenoxy) is 3. The van der Waals surface area contributed by atoms with Crippen LogP contribution >= 0.6 is 15.9 Å². The van der Waals surface area contributed by atoms with Gasteiger partial charge >= 0.3 is 0 Å². The second kappa shape index (κ2) is 7.89. The lowest BCUT2D eigenvalue weighted by Crippen LogP contribution is -2.02. The molecule has 1 aromatic heterocycles. The second-order valence-electron chi connectivity index (χ2n) is 4.48. The van der Waals surface area contributed by atoms with Crippen LogP contribution in [0, 0.1) is 0 Å². The summed E-state index contributed by atoms with van der Waals surface area (Å²) in [7, 11) is 3.23. The number of rotatable bonds is 7. The van der Waals surface area contributed by atoms with Crippen molar-refractivity contribution in [2.75, 3.05) is 26.1 Å². The molecule has 0 fully saturated rings. The van der Waals surface area contributed by atoms with Crippen LogP contribution < -0.4 is 19.5 Å². The maximum absolute atomic E-state index is 5.59. The number of methoxy groups -OCH3 is 2. The van der Waals surface area contributed by atoms with E-state index in [0.717, 1.165) is 21.5 Å². The predicted molar refractivity (Wildman–Crippen MR) is 90.0 cm³/mol. The first-order chi connectivity index (χ1) is 10.7. The molecule has 0 aliphatic rings. The molecule has 0 unspecified atom stereocenters. The van der Waals surface area contributed by atoms with E-state index in [1.54, 1.807) is 20.4 Å². The molecule has 22 heavy (non-hydrogen) atoms. The Kier molecular flexibility index (Phi) is 5.89. The van der Waals surface area contributed by atoms with Gasteiger partial charge in [0.2, 0.25) is 5.88 Å². The molecule has 0 radical (unpaired) electrons. The van der Waals surface area contributed by atoms with Gasteiger partial charge in [0.05, 0.1) is 37.2 Å². The van der Waals surface area contributed by atoms with Crippen molar-refractivity contribution in [3.05, 3.63) is 40.5 Å². The fraction of sp³-hybridized carbons (Fsp3) is 0.312. The molecule has 0 amide bonds. The molecule has 0 aliphatic heterocycles. The number of benzene rings is 1. The highest BCUT2D eigenvalue weighted by atomic mass is 79.9. The molecule has 0 saturated heterocycles. The van der Waals surface area contributed by atoms with E-state index < -0.39 is 0 Å². The van der Waals surface area contributed by atoms with Crippen LogP contribution in [-0.2, 0) is 6.54 Å². The largest absolute Gasteiger partial charge is 0.493 e. The minimum Gasteiger partial charge on any atom is -0.493 e. The van der Waals surface area contributed by atoms with E-state index in [0.29, 0.717) is 24.8 Å². The molecule has 1 heterocycles. The van der Waals surface area contributed by atoms with Crippen LogP contribution in [0.25, 0.3) is 0 Å². The van der Waals surface area contributed by atoms with E-state index in [9.17, 15) is 0 Å². The molecule has 1 N–H and O–H groups in total. The average Bonchev–Trinajstić information content (AvgIpc) is 2.55. The normalized spacial score (nSPS) is 10.2. The molecule has 6 heteroatoms. The van der Waals surface area contributed by atoms with Gasteiger partial charge in [0.1, 0.15) is 0 Å².